The lowest BCUT2D eigenvalue weighted by Crippen LogP contribution is -2.13. The Kier molecular flexibility index (Phi) is 4.80. The maximum absolute atomic E-state index is 3.51. The fourth-order valence-electron chi connectivity index (χ4n) is 2.43. The van der Waals surface area contributed by atoms with Gasteiger partial charge in [-0.2, -0.15) is 0 Å². The van der Waals surface area contributed by atoms with Gasteiger partial charge in [0.15, 0.2) is 0 Å². The molecule has 0 unspecified atom stereocenters. The molecule has 2 aromatic carbocycles. The zero-order valence-corrected chi connectivity index (χ0v) is 12.9. The van der Waals surface area contributed by atoms with E-state index in [1.165, 1.54) is 27.9 Å². The first-order valence-electron chi connectivity index (χ1n) is 7.09. The van der Waals surface area contributed by atoms with Crippen LogP contribution in [0.4, 0.5) is 5.69 Å². The summed E-state index contributed by atoms with van der Waals surface area (Å²) in [5, 5.41) is 3.51. The van der Waals surface area contributed by atoms with E-state index >= 15 is 0 Å². The van der Waals surface area contributed by atoms with Gasteiger partial charge in [-0.1, -0.05) is 41.5 Å². The molecular weight excluding hydrogens is 244 g/mol. The highest BCUT2D eigenvalue weighted by Crippen LogP contribution is 2.12. The summed E-state index contributed by atoms with van der Waals surface area (Å²) in [6.45, 7) is 6.12. The Morgan fingerprint density at radius 2 is 1.35 bits per heavy atom. The highest BCUT2D eigenvalue weighted by molar-refractivity contribution is 5.45. The molecular formula is C18H24N2. The van der Waals surface area contributed by atoms with Crippen LogP contribution in [0.25, 0.3) is 0 Å². The van der Waals surface area contributed by atoms with Crippen LogP contribution >= 0.6 is 0 Å². The molecule has 20 heavy (non-hydrogen) atoms. The molecule has 0 bridgehead atoms. The second-order valence-corrected chi connectivity index (χ2v) is 5.66. The Labute approximate surface area is 122 Å². The van der Waals surface area contributed by atoms with Crippen molar-refractivity contribution in [3.63, 3.8) is 0 Å². The van der Waals surface area contributed by atoms with E-state index in [1.54, 1.807) is 0 Å². The molecule has 2 aromatic rings. The molecule has 0 heterocycles. The third-order valence-corrected chi connectivity index (χ3v) is 3.39. The van der Waals surface area contributed by atoms with Crippen molar-refractivity contribution >= 4 is 5.69 Å². The van der Waals surface area contributed by atoms with Crippen LogP contribution in [0.5, 0.6) is 0 Å². The van der Waals surface area contributed by atoms with Crippen LogP contribution in [0.2, 0.25) is 0 Å². The highest BCUT2D eigenvalue weighted by atomic mass is 15.1. The maximum atomic E-state index is 3.51. The van der Waals surface area contributed by atoms with Crippen LogP contribution in [0.1, 0.15) is 22.3 Å². The summed E-state index contributed by atoms with van der Waals surface area (Å²) in [6, 6.07) is 15.4. The van der Waals surface area contributed by atoms with Crippen LogP contribution in [0.15, 0.2) is 42.5 Å². The van der Waals surface area contributed by atoms with Gasteiger partial charge >= 0.3 is 0 Å². The average molecular weight is 268 g/mol. The predicted octanol–water partition coefficient (Wildman–Crippen LogP) is 3.66. The first-order valence-corrected chi connectivity index (χ1v) is 7.09. The van der Waals surface area contributed by atoms with E-state index < -0.39 is 0 Å². The lowest BCUT2D eigenvalue weighted by molar-refractivity contribution is 0.692. The smallest absolute Gasteiger partial charge is 0.0361 e. The van der Waals surface area contributed by atoms with E-state index in [0.717, 1.165) is 13.1 Å². The fourth-order valence-corrected chi connectivity index (χ4v) is 2.43. The van der Waals surface area contributed by atoms with Crippen molar-refractivity contribution in [3.05, 3.63) is 64.7 Å². The van der Waals surface area contributed by atoms with Crippen LogP contribution in [0.3, 0.4) is 0 Å². The van der Waals surface area contributed by atoms with E-state index in [9.17, 15) is 0 Å². The molecule has 0 aliphatic rings. The molecule has 106 valence electrons. The summed E-state index contributed by atoms with van der Waals surface area (Å²) < 4.78 is 0. The standard InChI is InChI=1S/C18H24N2/c1-14-9-15(2)11-17(10-14)13-19-12-16-5-7-18(8-6-16)20(3)4/h5-11,19H,12-13H2,1-4H3. The van der Waals surface area contributed by atoms with Gasteiger partial charge in [0.1, 0.15) is 0 Å². The lowest BCUT2D eigenvalue weighted by Gasteiger charge is -2.13. The first kappa shape index (κ1) is 14.6. The number of anilines is 1. The van der Waals surface area contributed by atoms with Crippen LogP contribution in [0, 0.1) is 13.8 Å². The van der Waals surface area contributed by atoms with E-state index in [-0.39, 0.29) is 0 Å². The third kappa shape index (κ3) is 4.10. The number of nitrogens with zero attached hydrogens (tertiary/aromatic N) is 1. The number of rotatable bonds is 5. The summed E-state index contributed by atoms with van der Waals surface area (Å²) in [5.41, 5.74) is 6.57. The van der Waals surface area contributed by atoms with Gasteiger partial charge in [-0.15, -0.1) is 0 Å². The molecule has 0 aliphatic heterocycles. The minimum Gasteiger partial charge on any atom is -0.378 e. The molecule has 0 radical (unpaired) electrons. The number of benzene rings is 2. The Bertz CT molecular complexity index is 536. The molecule has 0 fully saturated rings. The molecule has 0 saturated carbocycles. The molecule has 0 aromatic heterocycles. The van der Waals surface area contributed by atoms with E-state index in [4.69, 9.17) is 0 Å². The molecule has 0 atom stereocenters. The van der Waals surface area contributed by atoms with Crippen LogP contribution in [-0.4, -0.2) is 14.1 Å². The quantitative estimate of drug-likeness (QED) is 0.890. The van der Waals surface area contributed by atoms with Gasteiger partial charge < -0.3 is 10.2 Å². The summed E-state index contributed by atoms with van der Waals surface area (Å²) in [6.07, 6.45) is 0. The Morgan fingerprint density at radius 3 is 1.90 bits per heavy atom. The molecule has 0 amide bonds. The van der Waals surface area contributed by atoms with E-state index in [2.05, 4.69) is 80.6 Å². The largest absolute Gasteiger partial charge is 0.378 e. The van der Waals surface area contributed by atoms with E-state index in [0.29, 0.717) is 0 Å². The molecule has 2 rings (SSSR count). The molecule has 0 aliphatic carbocycles. The summed E-state index contributed by atoms with van der Waals surface area (Å²) in [4.78, 5) is 2.12. The Morgan fingerprint density at radius 1 is 0.800 bits per heavy atom. The summed E-state index contributed by atoms with van der Waals surface area (Å²) in [5.74, 6) is 0. The Balaban J connectivity index is 1.89. The van der Waals surface area contributed by atoms with Crippen molar-refractivity contribution in [3.8, 4) is 0 Å². The van der Waals surface area contributed by atoms with Crippen molar-refractivity contribution in [1.82, 2.24) is 5.32 Å². The van der Waals surface area contributed by atoms with Gasteiger partial charge in [-0.25, -0.2) is 0 Å². The predicted molar refractivity (Wildman–Crippen MR) is 87.2 cm³/mol. The number of nitrogens with one attached hydrogen (secondary N) is 1. The molecule has 2 heteroatoms. The van der Waals surface area contributed by atoms with Crippen molar-refractivity contribution in [2.75, 3.05) is 19.0 Å². The topological polar surface area (TPSA) is 15.3 Å². The second-order valence-electron chi connectivity index (χ2n) is 5.66. The molecule has 0 spiro atoms. The molecule has 1 N–H and O–H groups in total. The van der Waals surface area contributed by atoms with Crippen LogP contribution in [-0.2, 0) is 13.1 Å². The van der Waals surface area contributed by atoms with Gasteiger partial charge in [-0.05, 0) is 37.1 Å². The van der Waals surface area contributed by atoms with Crippen molar-refractivity contribution in [2.24, 2.45) is 0 Å². The van der Waals surface area contributed by atoms with Gasteiger partial charge in [0.2, 0.25) is 0 Å². The van der Waals surface area contributed by atoms with Gasteiger partial charge in [0, 0.05) is 32.9 Å². The summed E-state index contributed by atoms with van der Waals surface area (Å²) >= 11 is 0. The minimum atomic E-state index is 0.903. The number of aryl methyl sites for hydroxylation is 2. The number of hydrogen-bond donors (Lipinski definition) is 1. The van der Waals surface area contributed by atoms with E-state index in [1.807, 2.05) is 0 Å². The first-order chi connectivity index (χ1) is 9.54. The van der Waals surface area contributed by atoms with Gasteiger partial charge in [0.05, 0.1) is 0 Å². The number of hydrogen-bond acceptors (Lipinski definition) is 2. The Hall–Kier alpha value is -1.80. The maximum Gasteiger partial charge on any atom is 0.0361 e. The SMILES string of the molecule is Cc1cc(C)cc(CNCc2ccc(N(C)C)cc2)c1. The third-order valence-electron chi connectivity index (χ3n) is 3.39. The van der Waals surface area contributed by atoms with Crippen molar-refractivity contribution in [2.45, 2.75) is 26.9 Å². The highest BCUT2D eigenvalue weighted by Gasteiger charge is 1.98. The molecule has 0 saturated heterocycles. The van der Waals surface area contributed by atoms with Gasteiger partial charge in [0.25, 0.3) is 0 Å². The summed E-state index contributed by atoms with van der Waals surface area (Å²) in [7, 11) is 4.13. The lowest BCUT2D eigenvalue weighted by atomic mass is 10.1. The fraction of sp³-hybridized carbons (Fsp3) is 0.333. The monoisotopic (exact) mass is 268 g/mol. The van der Waals surface area contributed by atoms with Crippen LogP contribution < -0.4 is 10.2 Å². The average Bonchev–Trinajstić information content (AvgIpc) is 2.38. The van der Waals surface area contributed by atoms with Crippen molar-refractivity contribution in [1.29, 1.82) is 0 Å². The minimum absolute atomic E-state index is 0.903. The molecule has 2 nitrogen and oxygen atoms in total. The zero-order chi connectivity index (χ0) is 14.5. The zero-order valence-electron chi connectivity index (χ0n) is 12.9. The normalized spacial score (nSPS) is 10.6. The van der Waals surface area contributed by atoms with Crippen molar-refractivity contribution < 1.29 is 0 Å². The van der Waals surface area contributed by atoms with Gasteiger partial charge in [-0.3, -0.25) is 0 Å². The second kappa shape index (κ2) is 6.58.